The van der Waals surface area contributed by atoms with Gasteiger partial charge >= 0.3 is 0 Å². The number of benzene rings is 2. The number of rotatable bonds is 9. The van der Waals surface area contributed by atoms with Crippen molar-refractivity contribution in [3.63, 3.8) is 0 Å². The molecule has 2 aliphatic carbocycles. The summed E-state index contributed by atoms with van der Waals surface area (Å²) in [5.74, 6) is 0.415. The standard InChI is InChI=1S/C35H40N4O6S/c1-22(2)46(42,43)36-33(40)25-12-15-27-28(18-25)39(21-35(16-17-35)34(41)38-19-29-37(3)30(20-38)45-29)32(24-10-13-26(44-4)14-11-24)31(27)23-8-6-5-7-9-23/h10-15,18-20,22-23H,5-9,16-17,21H2,1-4H3,(H,36,40). The Morgan fingerprint density at radius 2 is 1.70 bits per heavy atom. The van der Waals surface area contributed by atoms with Crippen LogP contribution in [-0.2, 0) is 28.4 Å². The molecule has 0 atom stereocenters. The third-order valence-corrected chi connectivity index (χ3v) is 11.7. The molecule has 46 heavy (non-hydrogen) atoms. The van der Waals surface area contributed by atoms with Crippen LogP contribution in [0.2, 0.25) is 0 Å². The third-order valence-electron chi connectivity index (χ3n) is 9.97. The maximum absolute atomic E-state index is 14.1. The van der Waals surface area contributed by atoms with Crippen molar-refractivity contribution in [1.82, 2.24) is 18.8 Å². The Balaban J connectivity index is 1.39. The lowest BCUT2D eigenvalue weighted by molar-refractivity contribution is -0.131. The molecule has 0 saturated heterocycles. The molecule has 0 radical (unpaired) electrons. The molecule has 4 aromatic rings. The van der Waals surface area contributed by atoms with Gasteiger partial charge in [-0.05, 0) is 93.0 Å². The maximum atomic E-state index is 14.1. The smallest absolute Gasteiger partial charge is 0.264 e. The van der Waals surface area contributed by atoms with Gasteiger partial charge in [0.05, 0.1) is 35.9 Å². The van der Waals surface area contributed by atoms with Crippen LogP contribution in [0, 0.1) is 5.41 Å². The average Bonchev–Trinajstić information content (AvgIpc) is 3.79. The van der Waals surface area contributed by atoms with Gasteiger partial charge in [-0.1, -0.05) is 25.3 Å². The molecule has 4 aliphatic rings. The number of carbonyl (C=O) groups excluding carboxylic acids is 2. The van der Waals surface area contributed by atoms with Gasteiger partial charge in [0.2, 0.25) is 27.0 Å². The van der Waals surface area contributed by atoms with Crippen LogP contribution >= 0.6 is 0 Å². The Bertz CT molecular complexity index is 2040. The summed E-state index contributed by atoms with van der Waals surface area (Å²) in [6.45, 7) is 3.50. The highest BCUT2D eigenvalue weighted by atomic mass is 32.2. The Labute approximate surface area is 268 Å². The predicted molar refractivity (Wildman–Crippen MR) is 176 cm³/mol. The van der Waals surface area contributed by atoms with Gasteiger partial charge in [-0.3, -0.25) is 19.1 Å². The lowest BCUT2D eigenvalue weighted by Gasteiger charge is -2.27. The van der Waals surface area contributed by atoms with Crippen LogP contribution in [0.3, 0.4) is 0 Å². The largest absolute Gasteiger partial charge is 0.497 e. The summed E-state index contributed by atoms with van der Waals surface area (Å²) in [4.78, 5) is 29.1. The highest BCUT2D eigenvalue weighted by molar-refractivity contribution is 7.90. The summed E-state index contributed by atoms with van der Waals surface area (Å²) < 4.78 is 42.6. The van der Waals surface area contributed by atoms with E-state index in [0.29, 0.717) is 23.6 Å². The maximum Gasteiger partial charge on any atom is 0.264 e. The zero-order chi connectivity index (χ0) is 32.4. The van der Waals surface area contributed by atoms with Crippen molar-refractivity contribution < 1.29 is 27.2 Å². The number of nitrogens with one attached hydrogen (secondary N) is 1. The number of nitrogens with zero attached hydrogens (tertiary/aromatic N) is 3. The number of fused-ring (bicyclic) bond motifs is 3. The van der Waals surface area contributed by atoms with E-state index in [9.17, 15) is 18.0 Å². The molecular weight excluding hydrogens is 604 g/mol. The Kier molecular flexibility index (Phi) is 7.42. The minimum atomic E-state index is -3.82. The second-order valence-corrected chi connectivity index (χ2v) is 15.5. The van der Waals surface area contributed by atoms with E-state index in [1.807, 2.05) is 29.8 Å². The quantitative estimate of drug-likeness (QED) is 0.286. The SMILES string of the molecule is COc1ccc(-c2c(C3CCCCC3)c3ccc(C(=O)NS(=O)(=O)C(C)C)cc3n2CC2(C(=O)N3C=c4oc(n4C)=C3)CC2)cc1. The van der Waals surface area contributed by atoms with Crippen LogP contribution < -0.4 is 20.6 Å². The number of hydrogen-bond acceptors (Lipinski definition) is 6. The predicted octanol–water partition coefficient (Wildman–Crippen LogP) is 4.56. The second kappa shape index (κ2) is 11.2. The summed E-state index contributed by atoms with van der Waals surface area (Å²) in [6, 6.07) is 13.5. The van der Waals surface area contributed by atoms with E-state index < -0.39 is 26.6 Å². The van der Waals surface area contributed by atoms with Gasteiger partial charge in [0.15, 0.2) is 0 Å². The fraction of sp³-hybridized carbons (Fsp3) is 0.429. The molecule has 0 unspecified atom stereocenters. The number of sulfonamides is 1. The minimum Gasteiger partial charge on any atom is -0.497 e. The van der Waals surface area contributed by atoms with E-state index >= 15 is 0 Å². The minimum absolute atomic E-state index is 0.0116. The molecule has 11 heteroatoms. The molecule has 2 amide bonds. The van der Waals surface area contributed by atoms with Crippen LogP contribution in [0.15, 0.2) is 46.9 Å². The number of ether oxygens (including phenoxy) is 1. The Morgan fingerprint density at radius 3 is 2.28 bits per heavy atom. The molecule has 2 aliphatic heterocycles. The molecule has 10 nitrogen and oxygen atoms in total. The Hall–Kier alpha value is -4.25. The summed E-state index contributed by atoms with van der Waals surface area (Å²) >= 11 is 0. The first-order valence-corrected chi connectivity index (χ1v) is 17.6. The molecule has 8 rings (SSSR count). The molecule has 2 aromatic carbocycles. The van der Waals surface area contributed by atoms with Gasteiger partial charge in [0.25, 0.3) is 5.91 Å². The van der Waals surface area contributed by atoms with Crippen LogP contribution in [0.4, 0.5) is 0 Å². The second-order valence-electron chi connectivity index (χ2n) is 13.3. The summed E-state index contributed by atoms with van der Waals surface area (Å²) in [7, 11) is -0.276. The fourth-order valence-electron chi connectivity index (χ4n) is 6.95. The first kappa shape index (κ1) is 30.4. The van der Waals surface area contributed by atoms with E-state index in [2.05, 4.69) is 21.4 Å². The van der Waals surface area contributed by atoms with Crippen LogP contribution in [0.5, 0.6) is 5.75 Å². The van der Waals surface area contributed by atoms with Crippen molar-refractivity contribution in [3.05, 3.63) is 64.7 Å². The number of hydrogen-bond donors (Lipinski definition) is 1. The summed E-state index contributed by atoms with van der Waals surface area (Å²) in [6.07, 6.45) is 10.6. The average molecular weight is 645 g/mol. The van der Waals surface area contributed by atoms with Gasteiger partial charge in [-0.15, -0.1) is 0 Å². The molecule has 4 heterocycles. The van der Waals surface area contributed by atoms with E-state index in [1.165, 1.54) is 25.8 Å². The van der Waals surface area contributed by atoms with Crippen LogP contribution in [-0.4, -0.2) is 46.6 Å². The van der Waals surface area contributed by atoms with Gasteiger partial charge in [-0.2, -0.15) is 0 Å². The Morgan fingerprint density at radius 1 is 1.02 bits per heavy atom. The zero-order valence-corrected chi connectivity index (χ0v) is 27.5. The molecule has 2 fully saturated rings. The van der Waals surface area contributed by atoms with Crippen molar-refractivity contribution in [3.8, 4) is 17.0 Å². The van der Waals surface area contributed by atoms with Crippen molar-refractivity contribution in [2.75, 3.05) is 7.11 Å². The molecule has 2 aromatic heterocycles. The zero-order valence-electron chi connectivity index (χ0n) is 26.7. The molecular formula is C35H40N4O6S. The fourth-order valence-corrected chi connectivity index (χ4v) is 7.56. The molecule has 1 N–H and O–H groups in total. The lowest BCUT2D eigenvalue weighted by Crippen LogP contribution is -2.48. The highest BCUT2D eigenvalue weighted by Crippen LogP contribution is 2.52. The molecule has 242 valence electrons. The molecule has 2 saturated carbocycles. The van der Waals surface area contributed by atoms with Gasteiger partial charge in [0.1, 0.15) is 5.75 Å². The van der Waals surface area contributed by atoms with Gasteiger partial charge in [-0.25, -0.2) is 13.1 Å². The number of amides is 2. The molecule has 2 bridgehead atoms. The van der Waals surface area contributed by atoms with E-state index in [1.54, 1.807) is 36.5 Å². The summed E-state index contributed by atoms with van der Waals surface area (Å²) in [5, 5.41) is 0.281. The number of aromatic nitrogens is 2. The van der Waals surface area contributed by atoms with Crippen molar-refractivity contribution in [2.45, 2.75) is 76.5 Å². The monoisotopic (exact) mass is 644 g/mol. The lowest BCUT2D eigenvalue weighted by atomic mass is 9.81. The third kappa shape index (κ3) is 5.14. The van der Waals surface area contributed by atoms with Gasteiger partial charge in [0, 0.05) is 30.1 Å². The summed E-state index contributed by atoms with van der Waals surface area (Å²) in [5.41, 5.74) is 4.99. The van der Waals surface area contributed by atoms with E-state index in [-0.39, 0.29) is 11.5 Å². The molecule has 0 spiro atoms. The normalized spacial score (nSPS) is 17.5. The first-order valence-electron chi connectivity index (χ1n) is 16.1. The van der Waals surface area contributed by atoms with Gasteiger partial charge < -0.3 is 13.7 Å². The van der Waals surface area contributed by atoms with E-state index in [0.717, 1.165) is 66.4 Å². The van der Waals surface area contributed by atoms with E-state index in [4.69, 9.17) is 9.15 Å². The van der Waals surface area contributed by atoms with Crippen molar-refractivity contribution in [2.24, 2.45) is 12.5 Å². The number of methoxy groups -OCH3 is 1. The highest BCUT2D eigenvalue weighted by Gasteiger charge is 2.52. The number of carbonyl (C=O) groups is 2. The van der Waals surface area contributed by atoms with Crippen molar-refractivity contribution >= 4 is 45.1 Å². The van der Waals surface area contributed by atoms with Crippen molar-refractivity contribution in [1.29, 1.82) is 0 Å². The first-order chi connectivity index (χ1) is 22.0. The topological polar surface area (TPSA) is 116 Å². The van der Waals surface area contributed by atoms with Crippen LogP contribution in [0.25, 0.3) is 34.6 Å². The van der Waals surface area contributed by atoms with Crippen LogP contribution in [0.1, 0.15) is 80.6 Å².